The molecule has 60 heavy (non-hydrogen) atoms. The Kier molecular flexibility index (Phi) is 8.19. The minimum Gasteiger partial charge on any atom is -0.344 e. The fourth-order valence-corrected chi connectivity index (χ4v) is 10.3. The lowest BCUT2D eigenvalue weighted by atomic mass is 9.77. The Labute approximate surface area is 350 Å². The molecular weight excluding hydrogens is 727 g/mol. The van der Waals surface area contributed by atoms with Crippen molar-refractivity contribution in [2.45, 2.75) is 24.9 Å². The van der Waals surface area contributed by atoms with Gasteiger partial charge >= 0.3 is 0 Å². The lowest BCUT2D eigenvalue weighted by Crippen LogP contribution is -2.33. The number of nitrogens with zero attached hydrogens (tertiary/aromatic N) is 2. The first kappa shape index (κ1) is 34.7. The molecule has 1 N–H and O–H groups in total. The standard InChI is InChI=1S/C57H41N3/c1-3-15-36(16-4-1)55-58-56(37-17-5-2-6-18-37)60-57(59-55)43-24-12-21-39(32-43)38-20-11-22-40(31-38)45-28-13-23-42-34-51-47-26-9-10-27-48(47)52(35-53(51)54(42)45)49-30-14-29-46-44-25-8-7-19-41(44)33-50(46)49/h1-32,35,46,50,55H,33-34H2,(H,58,59,60). The van der Waals surface area contributed by atoms with Crippen LogP contribution in [-0.4, -0.2) is 11.7 Å². The van der Waals surface area contributed by atoms with Gasteiger partial charge in [-0.2, -0.15) is 0 Å². The third kappa shape index (κ3) is 5.80. The highest BCUT2D eigenvalue weighted by molar-refractivity contribution is 6.13. The minimum absolute atomic E-state index is 0.247. The molecule has 3 nitrogen and oxygen atoms in total. The first-order valence-corrected chi connectivity index (χ1v) is 21.1. The quantitative estimate of drug-likeness (QED) is 0.180. The monoisotopic (exact) mass is 767 g/mol. The predicted molar refractivity (Wildman–Crippen MR) is 248 cm³/mol. The molecule has 4 aliphatic rings. The van der Waals surface area contributed by atoms with Crippen LogP contribution >= 0.6 is 0 Å². The van der Waals surface area contributed by atoms with E-state index in [4.69, 9.17) is 9.98 Å². The van der Waals surface area contributed by atoms with Crippen molar-refractivity contribution in [3.05, 3.63) is 245 Å². The van der Waals surface area contributed by atoms with Crippen molar-refractivity contribution in [1.82, 2.24) is 5.32 Å². The first-order chi connectivity index (χ1) is 29.7. The molecule has 3 heteroatoms. The highest BCUT2D eigenvalue weighted by atomic mass is 15.2. The molecule has 0 fully saturated rings. The van der Waals surface area contributed by atoms with Gasteiger partial charge in [0.05, 0.1) is 0 Å². The summed E-state index contributed by atoms with van der Waals surface area (Å²) in [5, 5.41) is 6.38. The topological polar surface area (TPSA) is 36.8 Å². The van der Waals surface area contributed by atoms with Crippen molar-refractivity contribution >= 4 is 28.0 Å². The van der Waals surface area contributed by atoms with E-state index < -0.39 is 0 Å². The van der Waals surface area contributed by atoms with Crippen LogP contribution in [0.25, 0.3) is 49.7 Å². The molecule has 0 saturated carbocycles. The molecule has 0 saturated heterocycles. The van der Waals surface area contributed by atoms with Gasteiger partial charge in [0, 0.05) is 17.0 Å². The minimum atomic E-state index is -0.247. The maximum absolute atomic E-state index is 5.10. The summed E-state index contributed by atoms with van der Waals surface area (Å²) < 4.78 is 0. The van der Waals surface area contributed by atoms with Gasteiger partial charge in [0.25, 0.3) is 0 Å². The number of hydrogen-bond donors (Lipinski definition) is 1. The van der Waals surface area contributed by atoms with Crippen molar-refractivity contribution in [2.24, 2.45) is 15.9 Å². The fourth-order valence-electron chi connectivity index (χ4n) is 10.3. The number of fused-ring (bicyclic) bond motifs is 8. The van der Waals surface area contributed by atoms with E-state index in [1.54, 1.807) is 0 Å². The summed E-state index contributed by atoms with van der Waals surface area (Å²) in [6.07, 6.45) is 8.88. The number of allylic oxidation sites excluding steroid dienone is 4. The lowest BCUT2D eigenvalue weighted by Gasteiger charge is -2.26. The maximum atomic E-state index is 5.10. The summed E-state index contributed by atoms with van der Waals surface area (Å²) in [4.78, 5) is 10.1. The van der Waals surface area contributed by atoms with E-state index in [2.05, 4.69) is 181 Å². The second-order valence-electron chi connectivity index (χ2n) is 16.5. The molecule has 0 amide bonds. The Morgan fingerprint density at radius 1 is 0.517 bits per heavy atom. The molecule has 284 valence electrons. The van der Waals surface area contributed by atoms with Gasteiger partial charge in [-0.15, -0.1) is 0 Å². The zero-order chi connectivity index (χ0) is 39.6. The van der Waals surface area contributed by atoms with Gasteiger partial charge in [0.15, 0.2) is 5.84 Å². The second kappa shape index (κ2) is 14.2. The molecule has 0 bridgehead atoms. The van der Waals surface area contributed by atoms with Gasteiger partial charge < -0.3 is 5.32 Å². The van der Waals surface area contributed by atoms with E-state index in [-0.39, 0.29) is 6.17 Å². The van der Waals surface area contributed by atoms with Gasteiger partial charge in [-0.05, 0) is 120 Å². The zero-order valence-corrected chi connectivity index (χ0v) is 33.1. The normalized spacial score (nSPS) is 18.4. The van der Waals surface area contributed by atoms with E-state index in [9.17, 15) is 0 Å². The molecule has 3 unspecified atom stereocenters. The van der Waals surface area contributed by atoms with Crippen molar-refractivity contribution in [2.75, 3.05) is 0 Å². The van der Waals surface area contributed by atoms with Crippen LogP contribution in [0.5, 0.6) is 0 Å². The molecule has 3 atom stereocenters. The number of aliphatic imine (C=N–C) groups is 2. The van der Waals surface area contributed by atoms with E-state index in [0.717, 1.165) is 46.8 Å². The second-order valence-corrected chi connectivity index (χ2v) is 16.5. The Morgan fingerprint density at radius 3 is 2.03 bits per heavy atom. The number of amidine groups is 2. The summed E-state index contributed by atoms with van der Waals surface area (Å²) in [7, 11) is 0. The number of benzene rings is 8. The number of hydrogen-bond acceptors (Lipinski definition) is 3. The number of nitrogens with one attached hydrogen (secondary N) is 1. The van der Waals surface area contributed by atoms with Crippen LogP contribution in [0, 0.1) is 5.92 Å². The van der Waals surface area contributed by atoms with Gasteiger partial charge in [-0.25, -0.2) is 9.98 Å². The maximum Gasteiger partial charge on any atom is 0.159 e. The molecule has 8 aromatic carbocycles. The molecule has 3 aliphatic carbocycles. The summed E-state index contributed by atoms with van der Waals surface area (Å²) >= 11 is 0. The number of rotatable bonds is 6. The average Bonchev–Trinajstić information content (AvgIpc) is 3.91. The van der Waals surface area contributed by atoms with Crippen molar-refractivity contribution in [3.8, 4) is 33.4 Å². The third-order valence-corrected chi connectivity index (χ3v) is 13.1. The molecule has 0 aromatic heterocycles. The summed E-state index contributed by atoms with van der Waals surface area (Å²) in [5.41, 5.74) is 19.3. The fraction of sp³-hybridized carbons (Fsp3) is 0.0877. The van der Waals surface area contributed by atoms with E-state index in [1.807, 2.05) is 24.3 Å². The van der Waals surface area contributed by atoms with Gasteiger partial charge in [0.2, 0.25) is 0 Å². The average molecular weight is 768 g/mol. The van der Waals surface area contributed by atoms with E-state index >= 15 is 0 Å². The van der Waals surface area contributed by atoms with Crippen LogP contribution in [0.1, 0.15) is 56.6 Å². The Balaban J connectivity index is 0.929. The SMILES string of the molecule is C1=CC2c3ccccc3CC2C(c2cc3c(c4ccccc24)Cc2cccc(-c4cccc(-c5cccc(C6=NC(c7ccccc7)=NC(c7ccccc7)N6)c5)c4)c2-3)=C1. The van der Waals surface area contributed by atoms with Crippen LogP contribution in [0.4, 0.5) is 0 Å². The molecular formula is C57H41N3. The van der Waals surface area contributed by atoms with Crippen LogP contribution in [0.15, 0.2) is 210 Å². The van der Waals surface area contributed by atoms with Crippen LogP contribution in [0.2, 0.25) is 0 Å². The molecule has 1 heterocycles. The third-order valence-electron chi connectivity index (χ3n) is 13.1. The zero-order valence-electron chi connectivity index (χ0n) is 33.1. The van der Waals surface area contributed by atoms with Gasteiger partial charge in [0.1, 0.15) is 12.0 Å². The Hall–Kier alpha value is -7.36. The molecule has 12 rings (SSSR count). The molecule has 1 aliphatic heterocycles. The Morgan fingerprint density at radius 2 is 1.18 bits per heavy atom. The molecule has 8 aromatic rings. The van der Waals surface area contributed by atoms with Crippen LogP contribution < -0.4 is 5.32 Å². The molecule has 0 radical (unpaired) electrons. The first-order valence-electron chi connectivity index (χ1n) is 21.1. The van der Waals surface area contributed by atoms with Crippen molar-refractivity contribution in [3.63, 3.8) is 0 Å². The highest BCUT2D eigenvalue weighted by Crippen LogP contribution is 2.52. The highest BCUT2D eigenvalue weighted by Gasteiger charge is 2.36. The van der Waals surface area contributed by atoms with E-state index in [1.165, 1.54) is 72.0 Å². The van der Waals surface area contributed by atoms with Crippen molar-refractivity contribution < 1.29 is 0 Å². The Bertz CT molecular complexity index is 3130. The van der Waals surface area contributed by atoms with Crippen molar-refractivity contribution in [1.29, 1.82) is 0 Å². The van der Waals surface area contributed by atoms with Gasteiger partial charge in [-0.1, -0.05) is 182 Å². The summed E-state index contributed by atoms with van der Waals surface area (Å²) in [6, 6.07) is 66.1. The lowest BCUT2D eigenvalue weighted by molar-refractivity contribution is 0.650. The van der Waals surface area contributed by atoms with Gasteiger partial charge in [-0.3, -0.25) is 0 Å². The van der Waals surface area contributed by atoms with E-state index in [0.29, 0.717) is 11.8 Å². The largest absolute Gasteiger partial charge is 0.344 e. The summed E-state index contributed by atoms with van der Waals surface area (Å²) in [6.45, 7) is 0. The van der Waals surface area contributed by atoms with Crippen LogP contribution in [0.3, 0.4) is 0 Å². The predicted octanol–water partition coefficient (Wildman–Crippen LogP) is 13.1. The molecule has 0 spiro atoms. The summed E-state index contributed by atoms with van der Waals surface area (Å²) in [5.74, 6) is 2.40. The van der Waals surface area contributed by atoms with Crippen LogP contribution in [-0.2, 0) is 12.8 Å². The smallest absolute Gasteiger partial charge is 0.159 e.